The van der Waals surface area contributed by atoms with E-state index in [0.717, 1.165) is 26.7 Å². The Hall–Kier alpha value is -2.10. The van der Waals surface area contributed by atoms with Crippen molar-refractivity contribution in [3.63, 3.8) is 0 Å². The summed E-state index contributed by atoms with van der Waals surface area (Å²) in [6, 6.07) is 20.0. The third kappa shape index (κ3) is 4.48. The number of esters is 1. The molecule has 0 aliphatic heterocycles. The van der Waals surface area contributed by atoms with Gasteiger partial charge in [-0.25, -0.2) is 4.79 Å². The Labute approximate surface area is 179 Å². The Morgan fingerprint density at radius 2 is 1.54 bits per heavy atom. The molecule has 3 rings (SSSR count). The zero-order valence-electron chi connectivity index (χ0n) is 16.3. The molecule has 0 aromatic heterocycles. The van der Waals surface area contributed by atoms with E-state index in [4.69, 9.17) is 16.3 Å². The molecular formula is C24H22BrClO2. The summed E-state index contributed by atoms with van der Waals surface area (Å²) in [6.45, 7) is 6.61. The van der Waals surface area contributed by atoms with Gasteiger partial charge in [0.25, 0.3) is 0 Å². The maximum absolute atomic E-state index is 12.2. The molecule has 0 aliphatic carbocycles. The van der Waals surface area contributed by atoms with Gasteiger partial charge in [-0.2, -0.15) is 0 Å². The molecular weight excluding hydrogens is 436 g/mol. The van der Waals surface area contributed by atoms with Crippen LogP contribution in [0.1, 0.15) is 36.7 Å². The third-order valence-electron chi connectivity index (χ3n) is 4.68. The van der Waals surface area contributed by atoms with E-state index in [-0.39, 0.29) is 5.41 Å². The minimum Gasteiger partial charge on any atom is -0.465 e. The highest BCUT2D eigenvalue weighted by Gasteiger charge is 2.16. The number of hydrogen-bond donors (Lipinski definition) is 0. The molecule has 28 heavy (non-hydrogen) atoms. The second-order valence-corrected chi connectivity index (χ2v) is 9.09. The molecule has 4 heteroatoms. The topological polar surface area (TPSA) is 26.3 Å². The van der Waals surface area contributed by atoms with Crippen molar-refractivity contribution in [2.24, 2.45) is 0 Å². The highest BCUT2D eigenvalue weighted by Crippen LogP contribution is 2.34. The lowest BCUT2D eigenvalue weighted by Gasteiger charge is -2.19. The van der Waals surface area contributed by atoms with E-state index in [1.165, 1.54) is 12.7 Å². The summed E-state index contributed by atoms with van der Waals surface area (Å²) in [5.41, 5.74) is 5.73. The highest BCUT2D eigenvalue weighted by molar-refractivity contribution is 9.10. The van der Waals surface area contributed by atoms with Crippen LogP contribution in [0.5, 0.6) is 0 Å². The van der Waals surface area contributed by atoms with E-state index in [0.29, 0.717) is 10.6 Å². The molecule has 0 saturated carbocycles. The molecule has 0 radical (unpaired) electrons. The van der Waals surface area contributed by atoms with Gasteiger partial charge in [0, 0.05) is 9.50 Å². The molecule has 0 aliphatic rings. The third-order valence-corrected chi connectivity index (χ3v) is 5.37. The molecule has 3 aromatic carbocycles. The Morgan fingerprint density at radius 3 is 2.14 bits per heavy atom. The van der Waals surface area contributed by atoms with Crippen molar-refractivity contribution in [1.82, 2.24) is 0 Å². The normalized spacial score (nSPS) is 11.4. The van der Waals surface area contributed by atoms with Gasteiger partial charge in [-0.3, -0.25) is 0 Å². The molecule has 3 aromatic rings. The van der Waals surface area contributed by atoms with E-state index in [9.17, 15) is 4.79 Å². The molecule has 0 unspecified atom stereocenters. The van der Waals surface area contributed by atoms with E-state index >= 15 is 0 Å². The minimum absolute atomic E-state index is 0.111. The van der Waals surface area contributed by atoms with E-state index in [2.05, 4.69) is 73.1 Å². The molecule has 0 amide bonds. The van der Waals surface area contributed by atoms with Gasteiger partial charge in [-0.15, -0.1) is 0 Å². The molecule has 0 fully saturated rings. The minimum atomic E-state index is -0.409. The molecule has 144 valence electrons. The molecule has 0 N–H and O–H groups in total. The van der Waals surface area contributed by atoms with Crippen LogP contribution in [0.4, 0.5) is 0 Å². The van der Waals surface area contributed by atoms with E-state index in [1.807, 2.05) is 12.1 Å². The van der Waals surface area contributed by atoms with Crippen LogP contribution in [0.2, 0.25) is 5.02 Å². The predicted octanol–water partition coefficient (Wildman–Crippen LogP) is 7.52. The first-order valence-corrected chi connectivity index (χ1v) is 10.2. The molecule has 0 spiro atoms. The monoisotopic (exact) mass is 456 g/mol. The van der Waals surface area contributed by atoms with Crippen LogP contribution < -0.4 is 0 Å². The lowest BCUT2D eigenvalue weighted by molar-refractivity contribution is 0.0601. The number of ether oxygens (including phenoxy) is 1. The maximum Gasteiger partial charge on any atom is 0.338 e. The largest absolute Gasteiger partial charge is 0.465 e. The fourth-order valence-corrected chi connectivity index (χ4v) is 3.79. The van der Waals surface area contributed by atoms with Gasteiger partial charge >= 0.3 is 5.97 Å². The first-order valence-electron chi connectivity index (χ1n) is 8.99. The zero-order valence-corrected chi connectivity index (χ0v) is 18.7. The molecule has 0 atom stereocenters. The van der Waals surface area contributed by atoms with Crippen molar-refractivity contribution in [2.45, 2.75) is 26.2 Å². The van der Waals surface area contributed by atoms with Crippen molar-refractivity contribution in [3.8, 4) is 22.3 Å². The van der Waals surface area contributed by atoms with Crippen molar-refractivity contribution in [2.75, 3.05) is 7.11 Å². The van der Waals surface area contributed by atoms with Crippen LogP contribution in [0, 0.1) is 0 Å². The number of benzene rings is 3. The fraction of sp³-hybridized carbons (Fsp3) is 0.208. The molecule has 0 saturated heterocycles. The first kappa shape index (κ1) is 20.6. The summed E-state index contributed by atoms with van der Waals surface area (Å²) in [4.78, 5) is 12.2. The summed E-state index contributed by atoms with van der Waals surface area (Å²) in [5, 5.41) is 0.497. The van der Waals surface area contributed by atoms with Crippen LogP contribution in [0.3, 0.4) is 0 Å². The Kier molecular flexibility index (Phi) is 5.97. The highest BCUT2D eigenvalue weighted by atomic mass is 79.9. The van der Waals surface area contributed by atoms with Gasteiger partial charge in [0.1, 0.15) is 0 Å². The summed E-state index contributed by atoms with van der Waals surface area (Å²) in [6.07, 6.45) is 0. The van der Waals surface area contributed by atoms with E-state index < -0.39 is 5.97 Å². The predicted molar refractivity (Wildman–Crippen MR) is 120 cm³/mol. The van der Waals surface area contributed by atoms with Crippen molar-refractivity contribution in [3.05, 3.63) is 81.3 Å². The standard InChI is InChI=1S/C24H22BrClO2/c1-24(2,3)18-7-5-15(6-8-18)16-11-17(13-19(25)12-16)21-10-9-20(26)14-22(21)23(27)28-4/h5-14H,1-4H3. The average molecular weight is 458 g/mol. The summed E-state index contributed by atoms with van der Waals surface area (Å²) < 4.78 is 5.87. The van der Waals surface area contributed by atoms with Crippen molar-refractivity contribution < 1.29 is 9.53 Å². The van der Waals surface area contributed by atoms with Gasteiger partial charge in [0.05, 0.1) is 12.7 Å². The van der Waals surface area contributed by atoms with Crippen LogP contribution in [0.15, 0.2) is 65.1 Å². The lowest BCUT2D eigenvalue weighted by atomic mass is 9.86. The first-order chi connectivity index (χ1) is 13.2. The number of carbonyl (C=O) groups excluding carboxylic acids is 1. The van der Waals surface area contributed by atoms with Gasteiger partial charge in [-0.1, -0.05) is 78.6 Å². The lowest BCUT2D eigenvalue weighted by Crippen LogP contribution is -2.10. The van der Waals surface area contributed by atoms with Crippen molar-refractivity contribution >= 4 is 33.5 Å². The Balaban J connectivity index is 2.10. The maximum atomic E-state index is 12.2. The molecule has 2 nitrogen and oxygen atoms in total. The quantitative estimate of drug-likeness (QED) is 0.380. The zero-order chi connectivity index (χ0) is 20.5. The Bertz CT molecular complexity index is 1020. The molecule has 0 bridgehead atoms. The van der Waals surface area contributed by atoms with E-state index in [1.54, 1.807) is 12.1 Å². The van der Waals surface area contributed by atoms with Gasteiger partial charge < -0.3 is 4.74 Å². The smallest absolute Gasteiger partial charge is 0.338 e. The SMILES string of the molecule is COC(=O)c1cc(Cl)ccc1-c1cc(Br)cc(-c2ccc(C(C)(C)C)cc2)c1. The van der Waals surface area contributed by atoms with Gasteiger partial charge in [0.2, 0.25) is 0 Å². The summed E-state index contributed by atoms with van der Waals surface area (Å²) in [5.74, 6) is -0.409. The number of methoxy groups -OCH3 is 1. The average Bonchev–Trinajstić information content (AvgIpc) is 2.66. The van der Waals surface area contributed by atoms with Crippen LogP contribution >= 0.6 is 27.5 Å². The van der Waals surface area contributed by atoms with Gasteiger partial charge in [0.15, 0.2) is 0 Å². The van der Waals surface area contributed by atoms with Gasteiger partial charge in [-0.05, 0) is 63.6 Å². The Morgan fingerprint density at radius 1 is 0.893 bits per heavy atom. The van der Waals surface area contributed by atoms with Crippen LogP contribution in [0.25, 0.3) is 22.3 Å². The number of carbonyl (C=O) groups is 1. The number of hydrogen-bond acceptors (Lipinski definition) is 2. The summed E-state index contributed by atoms with van der Waals surface area (Å²) >= 11 is 9.70. The fourth-order valence-electron chi connectivity index (χ4n) is 3.12. The second kappa shape index (κ2) is 8.10. The number of rotatable bonds is 3. The summed E-state index contributed by atoms with van der Waals surface area (Å²) in [7, 11) is 1.37. The van der Waals surface area contributed by atoms with Crippen LogP contribution in [-0.2, 0) is 10.2 Å². The molecule has 0 heterocycles. The van der Waals surface area contributed by atoms with Crippen molar-refractivity contribution in [1.29, 1.82) is 0 Å². The number of halogens is 2. The van der Waals surface area contributed by atoms with Crippen LogP contribution in [-0.4, -0.2) is 13.1 Å². The second-order valence-electron chi connectivity index (χ2n) is 7.74.